The lowest BCUT2D eigenvalue weighted by atomic mass is 10.1. The highest BCUT2D eigenvalue weighted by atomic mass is 16.1. The molecule has 1 N–H and O–H groups in total. The first-order chi connectivity index (χ1) is 10.7. The van der Waals surface area contributed by atoms with Crippen LogP contribution in [0.25, 0.3) is 10.9 Å². The maximum absolute atomic E-state index is 12.2. The lowest BCUT2D eigenvalue weighted by Crippen LogP contribution is -2.09. The van der Waals surface area contributed by atoms with E-state index in [1.165, 1.54) is 0 Å². The van der Waals surface area contributed by atoms with Crippen LogP contribution in [-0.2, 0) is 0 Å². The van der Waals surface area contributed by atoms with E-state index in [1.54, 1.807) is 6.20 Å². The van der Waals surface area contributed by atoms with E-state index >= 15 is 0 Å². The molecule has 0 aliphatic heterocycles. The first-order valence-corrected chi connectivity index (χ1v) is 7.41. The van der Waals surface area contributed by atoms with Gasteiger partial charge < -0.3 is 5.32 Å². The fourth-order valence-corrected chi connectivity index (χ4v) is 2.44. The van der Waals surface area contributed by atoms with Crippen molar-refractivity contribution in [3.63, 3.8) is 0 Å². The van der Waals surface area contributed by atoms with Gasteiger partial charge in [-0.1, -0.05) is 48.0 Å². The van der Waals surface area contributed by atoms with E-state index in [9.17, 15) is 4.79 Å². The number of rotatable bonds is 5. The van der Waals surface area contributed by atoms with Gasteiger partial charge in [-0.05, 0) is 19.1 Å². The third-order valence-corrected chi connectivity index (χ3v) is 3.67. The molecule has 0 unspecified atom stereocenters. The molecule has 1 heterocycles. The third kappa shape index (κ3) is 3.14. The van der Waals surface area contributed by atoms with Gasteiger partial charge in [0.05, 0.1) is 11.2 Å². The maximum atomic E-state index is 12.2. The highest BCUT2D eigenvalue weighted by Gasteiger charge is 2.06. The smallest absolute Gasteiger partial charge is 0.164 e. The minimum Gasteiger partial charge on any atom is -0.383 e. The number of aryl methyl sites for hydroxylation is 1. The molecule has 0 spiro atoms. The Labute approximate surface area is 130 Å². The summed E-state index contributed by atoms with van der Waals surface area (Å²) in [5, 5.41) is 4.41. The van der Waals surface area contributed by atoms with Gasteiger partial charge in [0.2, 0.25) is 0 Å². The van der Waals surface area contributed by atoms with Crippen LogP contribution >= 0.6 is 0 Å². The molecule has 0 fully saturated rings. The number of Topliss-reactive ketones (excluding diaryl/α,β-unsaturated/α-hetero) is 1. The summed E-state index contributed by atoms with van der Waals surface area (Å²) in [7, 11) is 0. The summed E-state index contributed by atoms with van der Waals surface area (Å²) in [5.41, 5.74) is 3.84. The Morgan fingerprint density at radius 3 is 2.64 bits per heavy atom. The second-order valence-corrected chi connectivity index (χ2v) is 5.35. The number of fused-ring (bicyclic) bond motifs is 1. The highest BCUT2D eigenvalue weighted by Crippen LogP contribution is 2.20. The van der Waals surface area contributed by atoms with E-state index in [1.807, 2.05) is 61.5 Å². The number of anilines is 1. The standard InChI is InChI=1S/C19H18N2O/c1-14-7-9-15(10-8-14)18(22)11-13-20-17-6-2-4-16-5-3-12-21-19(16)17/h2-10,12,20H,11,13H2,1H3. The Kier molecular flexibility index (Phi) is 4.15. The molecule has 0 saturated carbocycles. The Balaban J connectivity index is 1.65. The monoisotopic (exact) mass is 290 g/mol. The van der Waals surface area contributed by atoms with Crippen LogP contribution in [0.15, 0.2) is 60.8 Å². The van der Waals surface area contributed by atoms with Crippen LogP contribution in [0.2, 0.25) is 0 Å². The number of carbonyl (C=O) groups excluding carboxylic acids is 1. The maximum Gasteiger partial charge on any atom is 0.164 e. The van der Waals surface area contributed by atoms with Gasteiger partial charge in [0.15, 0.2) is 5.78 Å². The number of para-hydroxylation sites is 1. The van der Waals surface area contributed by atoms with E-state index in [2.05, 4.69) is 10.3 Å². The van der Waals surface area contributed by atoms with Crippen molar-refractivity contribution in [2.45, 2.75) is 13.3 Å². The number of hydrogen-bond acceptors (Lipinski definition) is 3. The first-order valence-electron chi connectivity index (χ1n) is 7.41. The molecule has 110 valence electrons. The lowest BCUT2D eigenvalue weighted by Gasteiger charge is -2.08. The minimum atomic E-state index is 0.153. The van der Waals surface area contributed by atoms with Crippen molar-refractivity contribution in [3.8, 4) is 0 Å². The molecule has 0 saturated heterocycles. The lowest BCUT2D eigenvalue weighted by molar-refractivity contribution is 0.0986. The average molecular weight is 290 g/mol. The summed E-state index contributed by atoms with van der Waals surface area (Å²) < 4.78 is 0. The highest BCUT2D eigenvalue weighted by molar-refractivity contribution is 5.96. The van der Waals surface area contributed by atoms with Crippen LogP contribution in [0.1, 0.15) is 22.3 Å². The fraction of sp³-hybridized carbons (Fsp3) is 0.158. The molecule has 1 aromatic heterocycles. The number of nitrogens with zero attached hydrogens (tertiary/aromatic N) is 1. The van der Waals surface area contributed by atoms with Gasteiger partial charge in [0.1, 0.15) is 0 Å². The Morgan fingerprint density at radius 1 is 1.05 bits per heavy atom. The predicted octanol–water partition coefficient (Wildman–Crippen LogP) is 4.23. The zero-order valence-corrected chi connectivity index (χ0v) is 12.5. The summed E-state index contributed by atoms with van der Waals surface area (Å²) in [5.74, 6) is 0.153. The number of hydrogen-bond donors (Lipinski definition) is 1. The quantitative estimate of drug-likeness (QED) is 0.715. The molecule has 0 radical (unpaired) electrons. The normalized spacial score (nSPS) is 10.6. The van der Waals surface area contributed by atoms with Crippen LogP contribution in [0.5, 0.6) is 0 Å². The zero-order valence-electron chi connectivity index (χ0n) is 12.5. The van der Waals surface area contributed by atoms with E-state index in [-0.39, 0.29) is 5.78 Å². The summed E-state index contributed by atoms with van der Waals surface area (Å²) in [6.07, 6.45) is 2.25. The Morgan fingerprint density at radius 2 is 1.82 bits per heavy atom. The van der Waals surface area contributed by atoms with Crippen molar-refractivity contribution in [1.29, 1.82) is 0 Å². The molecular weight excluding hydrogens is 272 g/mol. The number of ketones is 1. The van der Waals surface area contributed by atoms with Crippen LogP contribution < -0.4 is 5.32 Å². The van der Waals surface area contributed by atoms with Crippen LogP contribution in [0, 0.1) is 6.92 Å². The van der Waals surface area contributed by atoms with Gasteiger partial charge in [-0.2, -0.15) is 0 Å². The van der Waals surface area contributed by atoms with Crippen molar-refractivity contribution in [2.75, 3.05) is 11.9 Å². The van der Waals surface area contributed by atoms with Crippen molar-refractivity contribution in [3.05, 3.63) is 71.9 Å². The van der Waals surface area contributed by atoms with Crippen LogP contribution in [0.3, 0.4) is 0 Å². The summed E-state index contributed by atoms with van der Waals surface area (Å²) in [6.45, 7) is 2.62. The van der Waals surface area contributed by atoms with Gasteiger partial charge in [-0.25, -0.2) is 0 Å². The summed E-state index contributed by atoms with van der Waals surface area (Å²) in [4.78, 5) is 16.6. The van der Waals surface area contributed by atoms with Gasteiger partial charge in [-0.3, -0.25) is 9.78 Å². The molecule has 0 atom stereocenters. The van der Waals surface area contributed by atoms with Crippen molar-refractivity contribution in [2.24, 2.45) is 0 Å². The molecule has 0 bridgehead atoms. The zero-order chi connectivity index (χ0) is 15.4. The molecule has 3 nitrogen and oxygen atoms in total. The number of benzene rings is 2. The molecule has 0 aliphatic carbocycles. The van der Waals surface area contributed by atoms with Crippen LogP contribution in [0.4, 0.5) is 5.69 Å². The van der Waals surface area contributed by atoms with Crippen LogP contribution in [-0.4, -0.2) is 17.3 Å². The average Bonchev–Trinajstić information content (AvgIpc) is 2.55. The van der Waals surface area contributed by atoms with Gasteiger partial charge in [-0.15, -0.1) is 0 Å². The molecule has 0 aliphatic rings. The van der Waals surface area contributed by atoms with Crippen molar-refractivity contribution >= 4 is 22.4 Å². The van der Waals surface area contributed by atoms with E-state index < -0.39 is 0 Å². The predicted molar refractivity (Wildman–Crippen MR) is 90.4 cm³/mol. The SMILES string of the molecule is Cc1ccc(C(=O)CCNc2cccc3cccnc23)cc1. The van der Waals surface area contributed by atoms with E-state index in [0.29, 0.717) is 13.0 Å². The molecule has 3 rings (SSSR count). The topological polar surface area (TPSA) is 42.0 Å². The van der Waals surface area contributed by atoms with E-state index in [0.717, 1.165) is 27.7 Å². The summed E-state index contributed by atoms with van der Waals surface area (Å²) >= 11 is 0. The molecule has 3 aromatic rings. The van der Waals surface area contributed by atoms with Gasteiger partial charge >= 0.3 is 0 Å². The third-order valence-electron chi connectivity index (χ3n) is 3.67. The number of pyridine rings is 1. The number of aromatic nitrogens is 1. The van der Waals surface area contributed by atoms with Gasteiger partial charge in [0.25, 0.3) is 0 Å². The first kappa shape index (κ1) is 14.3. The molecular formula is C19H18N2O. The number of carbonyl (C=O) groups is 1. The molecule has 0 amide bonds. The molecule has 3 heteroatoms. The second kappa shape index (κ2) is 6.39. The van der Waals surface area contributed by atoms with E-state index in [4.69, 9.17) is 0 Å². The van der Waals surface area contributed by atoms with Gasteiger partial charge in [0, 0.05) is 30.1 Å². The molecule has 2 aromatic carbocycles. The van der Waals surface area contributed by atoms with Crippen molar-refractivity contribution < 1.29 is 4.79 Å². The number of nitrogens with one attached hydrogen (secondary N) is 1. The van der Waals surface area contributed by atoms with Crippen molar-refractivity contribution in [1.82, 2.24) is 4.98 Å². The summed E-state index contributed by atoms with van der Waals surface area (Å²) in [6, 6.07) is 17.7. The second-order valence-electron chi connectivity index (χ2n) is 5.35. The Bertz CT molecular complexity index is 789. The Hall–Kier alpha value is -2.68. The fourth-order valence-electron chi connectivity index (χ4n) is 2.44. The minimum absolute atomic E-state index is 0.153. The largest absolute Gasteiger partial charge is 0.383 e. The molecule has 22 heavy (non-hydrogen) atoms.